The van der Waals surface area contributed by atoms with Crippen LogP contribution >= 0.6 is 15.9 Å². The second kappa shape index (κ2) is 5.54. The Bertz CT molecular complexity index is 399. The van der Waals surface area contributed by atoms with Crippen molar-refractivity contribution < 1.29 is 9.53 Å². The molecule has 1 aromatic carbocycles. The number of carbonyl (C=O) groups excluding carboxylic acids is 1. The molecule has 0 fully saturated rings. The van der Waals surface area contributed by atoms with E-state index in [-0.39, 0.29) is 11.9 Å². The summed E-state index contributed by atoms with van der Waals surface area (Å²) >= 11 is 3.34. The molecule has 1 aromatic rings. The van der Waals surface area contributed by atoms with E-state index >= 15 is 0 Å². The van der Waals surface area contributed by atoms with E-state index in [1.165, 1.54) is 0 Å². The number of carbonyl (C=O) groups is 1. The number of methoxy groups -OCH3 is 1. The molecule has 1 unspecified atom stereocenters. The molecular formula is C13H18BrNO2. The third-order valence-electron chi connectivity index (χ3n) is 2.49. The molecule has 0 saturated heterocycles. The predicted octanol–water partition coefficient (Wildman–Crippen LogP) is 3.05. The van der Waals surface area contributed by atoms with Gasteiger partial charge in [0.25, 0.3) is 0 Å². The number of para-hydroxylation sites is 1. The van der Waals surface area contributed by atoms with Crippen molar-refractivity contribution in [2.45, 2.75) is 31.1 Å². The predicted molar refractivity (Wildman–Crippen MR) is 72.6 cm³/mol. The van der Waals surface area contributed by atoms with Crippen molar-refractivity contribution in [3.8, 4) is 5.75 Å². The fourth-order valence-electron chi connectivity index (χ4n) is 1.47. The minimum Gasteiger partial charge on any atom is -0.496 e. The minimum absolute atomic E-state index is 0.0455. The van der Waals surface area contributed by atoms with Crippen molar-refractivity contribution in [1.82, 2.24) is 5.32 Å². The molecule has 94 valence electrons. The Kier molecular flexibility index (Phi) is 4.57. The van der Waals surface area contributed by atoms with Crippen molar-refractivity contribution in [3.63, 3.8) is 0 Å². The maximum absolute atomic E-state index is 11.8. The van der Waals surface area contributed by atoms with Gasteiger partial charge in [-0.15, -0.1) is 0 Å². The third kappa shape index (κ3) is 3.73. The molecule has 0 bridgehead atoms. The second-order valence-corrected chi connectivity index (χ2v) is 6.39. The van der Waals surface area contributed by atoms with Gasteiger partial charge in [0, 0.05) is 5.56 Å². The normalized spacial score (nSPS) is 13.0. The fourth-order valence-corrected chi connectivity index (χ4v) is 1.58. The fraction of sp³-hybridized carbons (Fsp3) is 0.462. The highest BCUT2D eigenvalue weighted by Gasteiger charge is 2.25. The molecule has 0 aromatic heterocycles. The van der Waals surface area contributed by atoms with Gasteiger partial charge in [-0.1, -0.05) is 34.1 Å². The van der Waals surface area contributed by atoms with E-state index in [9.17, 15) is 4.79 Å². The Morgan fingerprint density at radius 2 is 2.00 bits per heavy atom. The first kappa shape index (κ1) is 14.0. The molecule has 1 amide bonds. The van der Waals surface area contributed by atoms with Crippen LogP contribution in [0.15, 0.2) is 24.3 Å². The van der Waals surface area contributed by atoms with Gasteiger partial charge >= 0.3 is 0 Å². The molecule has 0 saturated carbocycles. The summed E-state index contributed by atoms with van der Waals surface area (Å²) in [6, 6.07) is 7.59. The van der Waals surface area contributed by atoms with E-state index in [0.29, 0.717) is 0 Å². The van der Waals surface area contributed by atoms with Crippen molar-refractivity contribution in [2.75, 3.05) is 7.11 Å². The lowest BCUT2D eigenvalue weighted by Crippen LogP contribution is -2.38. The number of amides is 1. The van der Waals surface area contributed by atoms with E-state index < -0.39 is 4.32 Å². The highest BCUT2D eigenvalue weighted by atomic mass is 79.9. The Morgan fingerprint density at radius 3 is 2.53 bits per heavy atom. The number of benzene rings is 1. The first-order chi connectivity index (χ1) is 7.86. The largest absolute Gasteiger partial charge is 0.496 e. The van der Waals surface area contributed by atoms with E-state index in [0.717, 1.165) is 11.3 Å². The monoisotopic (exact) mass is 299 g/mol. The maximum Gasteiger partial charge on any atom is 0.236 e. The van der Waals surface area contributed by atoms with Crippen molar-refractivity contribution in [1.29, 1.82) is 0 Å². The van der Waals surface area contributed by atoms with Crippen LogP contribution in [0, 0.1) is 0 Å². The Hall–Kier alpha value is -1.03. The summed E-state index contributed by atoms with van der Waals surface area (Å²) in [5.41, 5.74) is 0.972. The molecule has 0 aliphatic heterocycles. The Morgan fingerprint density at radius 1 is 1.41 bits per heavy atom. The molecule has 0 radical (unpaired) electrons. The Labute approximate surface area is 111 Å². The molecule has 4 heteroatoms. The van der Waals surface area contributed by atoms with Crippen LogP contribution in [0.25, 0.3) is 0 Å². The van der Waals surface area contributed by atoms with E-state index in [4.69, 9.17) is 4.74 Å². The van der Waals surface area contributed by atoms with Crippen LogP contribution in [0.3, 0.4) is 0 Å². The lowest BCUT2D eigenvalue weighted by Gasteiger charge is -2.22. The summed E-state index contributed by atoms with van der Waals surface area (Å²) in [7, 11) is 1.63. The van der Waals surface area contributed by atoms with Crippen LogP contribution in [0.1, 0.15) is 32.4 Å². The number of hydrogen-bond acceptors (Lipinski definition) is 2. The van der Waals surface area contributed by atoms with Crippen molar-refractivity contribution in [3.05, 3.63) is 29.8 Å². The summed E-state index contributed by atoms with van der Waals surface area (Å²) in [6.07, 6.45) is 0. The number of ether oxygens (including phenoxy) is 1. The second-order valence-electron chi connectivity index (χ2n) is 4.41. The molecule has 0 heterocycles. The maximum atomic E-state index is 11.8. The average Bonchev–Trinajstić information content (AvgIpc) is 2.27. The first-order valence-electron chi connectivity index (χ1n) is 5.49. The standard InChI is InChI=1S/C13H18BrNO2/c1-9(15-12(16)13(2,3)14)10-7-5-6-8-11(10)17-4/h5-9H,1-4H3,(H,15,16). The Balaban J connectivity index is 2.83. The summed E-state index contributed by atoms with van der Waals surface area (Å²) in [5, 5.41) is 2.95. The molecule has 0 spiro atoms. The zero-order chi connectivity index (χ0) is 13.1. The zero-order valence-corrected chi connectivity index (χ0v) is 12.2. The minimum atomic E-state index is -0.566. The SMILES string of the molecule is COc1ccccc1C(C)NC(=O)C(C)(C)Br. The lowest BCUT2D eigenvalue weighted by atomic mass is 10.1. The molecule has 0 aliphatic carbocycles. The first-order valence-corrected chi connectivity index (χ1v) is 6.28. The van der Waals surface area contributed by atoms with Gasteiger partial charge in [0.15, 0.2) is 0 Å². The van der Waals surface area contributed by atoms with Crippen molar-refractivity contribution >= 4 is 21.8 Å². The molecule has 0 aliphatic rings. The van der Waals surface area contributed by atoms with E-state index in [1.807, 2.05) is 45.0 Å². The highest BCUT2D eigenvalue weighted by Crippen LogP contribution is 2.25. The number of nitrogens with one attached hydrogen (secondary N) is 1. The quantitative estimate of drug-likeness (QED) is 0.868. The molecule has 3 nitrogen and oxygen atoms in total. The molecule has 17 heavy (non-hydrogen) atoms. The number of hydrogen-bond donors (Lipinski definition) is 1. The van der Waals surface area contributed by atoms with Crippen LogP contribution in [-0.2, 0) is 4.79 Å². The van der Waals surface area contributed by atoms with Gasteiger partial charge in [-0.2, -0.15) is 0 Å². The van der Waals surface area contributed by atoms with Gasteiger partial charge in [-0.3, -0.25) is 4.79 Å². The van der Waals surface area contributed by atoms with E-state index in [2.05, 4.69) is 21.2 Å². The van der Waals surface area contributed by atoms with Crippen LogP contribution in [-0.4, -0.2) is 17.3 Å². The number of rotatable bonds is 4. The van der Waals surface area contributed by atoms with Gasteiger partial charge < -0.3 is 10.1 Å². The molecule has 1 N–H and O–H groups in total. The lowest BCUT2D eigenvalue weighted by molar-refractivity contribution is -0.123. The van der Waals surface area contributed by atoms with Gasteiger partial charge in [0.05, 0.1) is 17.5 Å². The molecule has 1 atom stereocenters. The van der Waals surface area contributed by atoms with E-state index in [1.54, 1.807) is 7.11 Å². The summed E-state index contributed by atoms with van der Waals surface area (Å²) in [4.78, 5) is 11.8. The highest BCUT2D eigenvalue weighted by molar-refractivity contribution is 9.10. The average molecular weight is 300 g/mol. The summed E-state index contributed by atoms with van der Waals surface area (Å²) < 4.78 is 4.70. The van der Waals surface area contributed by atoms with Gasteiger partial charge in [0.1, 0.15) is 5.75 Å². The van der Waals surface area contributed by atoms with Crippen LogP contribution in [0.5, 0.6) is 5.75 Å². The van der Waals surface area contributed by atoms with Gasteiger partial charge in [-0.05, 0) is 26.8 Å². The molecular weight excluding hydrogens is 282 g/mol. The zero-order valence-electron chi connectivity index (χ0n) is 10.6. The number of alkyl halides is 1. The number of halogens is 1. The third-order valence-corrected chi connectivity index (χ3v) is 2.85. The topological polar surface area (TPSA) is 38.3 Å². The van der Waals surface area contributed by atoms with Crippen molar-refractivity contribution in [2.24, 2.45) is 0 Å². The van der Waals surface area contributed by atoms with Crippen LogP contribution in [0.4, 0.5) is 0 Å². The van der Waals surface area contributed by atoms with Gasteiger partial charge in [0.2, 0.25) is 5.91 Å². The van der Waals surface area contributed by atoms with Crippen LogP contribution < -0.4 is 10.1 Å². The molecule has 1 rings (SSSR count). The van der Waals surface area contributed by atoms with Gasteiger partial charge in [-0.25, -0.2) is 0 Å². The summed E-state index contributed by atoms with van der Waals surface area (Å²) in [5.74, 6) is 0.739. The summed E-state index contributed by atoms with van der Waals surface area (Å²) in [6.45, 7) is 5.57. The van der Waals surface area contributed by atoms with Crippen LogP contribution in [0.2, 0.25) is 0 Å². The smallest absolute Gasteiger partial charge is 0.236 e.